The molecule has 10 nitrogen and oxygen atoms in total. The van der Waals surface area contributed by atoms with Crippen LogP contribution in [-0.4, -0.2) is 27.7 Å². The van der Waals surface area contributed by atoms with Gasteiger partial charge in [0.25, 0.3) is 17.3 Å². The molecule has 0 bridgehead atoms. The molecule has 0 aliphatic rings. The van der Waals surface area contributed by atoms with E-state index in [0.717, 1.165) is 29.3 Å². The summed E-state index contributed by atoms with van der Waals surface area (Å²) < 4.78 is 0. The Kier molecular flexibility index (Phi) is 8.17. The van der Waals surface area contributed by atoms with Crippen LogP contribution in [0.4, 0.5) is 17.1 Å². The number of nitrogens with zero attached hydrogens (tertiary/aromatic N) is 2. The van der Waals surface area contributed by atoms with Crippen molar-refractivity contribution >= 4 is 28.9 Å². The molecule has 0 spiro atoms. The normalized spacial score (nSPS) is 11.3. The van der Waals surface area contributed by atoms with E-state index in [0.29, 0.717) is 18.5 Å². The van der Waals surface area contributed by atoms with E-state index >= 15 is 0 Å². The van der Waals surface area contributed by atoms with Crippen LogP contribution < -0.4 is 10.6 Å². The predicted molar refractivity (Wildman–Crippen MR) is 120 cm³/mol. The number of non-ortho nitro benzene ring substituents is 2. The van der Waals surface area contributed by atoms with Crippen LogP contribution in [0.5, 0.6) is 0 Å². The average Bonchev–Trinajstić information content (AvgIpc) is 2.78. The molecule has 0 saturated heterocycles. The van der Waals surface area contributed by atoms with Crippen LogP contribution in [0.15, 0.2) is 49.1 Å². The van der Waals surface area contributed by atoms with Crippen molar-refractivity contribution in [3.63, 3.8) is 0 Å². The standard InChI is InChI=1S/C22H24N4O6/c1-4-8-19(22(28)24-20-14(5-2)9-7-10-15(20)6-3)23-21(27)16-11-17(25(29)30)13-18(12-16)26(31)32/h4,7,9-13,19H,1,5-6,8H2,2-3H3,(H,23,27)(H,24,28). The number of anilines is 1. The number of rotatable bonds is 10. The van der Waals surface area contributed by atoms with Gasteiger partial charge in [0.05, 0.1) is 21.5 Å². The number of benzene rings is 2. The van der Waals surface area contributed by atoms with Crippen molar-refractivity contribution < 1.29 is 19.4 Å². The largest absolute Gasteiger partial charge is 0.340 e. The molecule has 1 unspecified atom stereocenters. The Balaban J connectivity index is 2.32. The van der Waals surface area contributed by atoms with Gasteiger partial charge in [-0.1, -0.05) is 38.1 Å². The van der Waals surface area contributed by atoms with Crippen LogP contribution >= 0.6 is 0 Å². The molecular formula is C22H24N4O6. The first-order chi connectivity index (χ1) is 15.2. The number of hydrogen-bond acceptors (Lipinski definition) is 6. The van der Waals surface area contributed by atoms with E-state index in [1.54, 1.807) is 0 Å². The lowest BCUT2D eigenvalue weighted by Gasteiger charge is -2.20. The van der Waals surface area contributed by atoms with Gasteiger partial charge in [-0.05, 0) is 30.4 Å². The maximum Gasteiger partial charge on any atom is 0.277 e. The minimum absolute atomic E-state index is 0.0876. The molecule has 1 atom stereocenters. The number of carbonyl (C=O) groups excluding carboxylic acids is 2. The van der Waals surface area contributed by atoms with Gasteiger partial charge in [0.2, 0.25) is 5.91 Å². The number of hydrogen-bond donors (Lipinski definition) is 2. The Morgan fingerprint density at radius 2 is 1.56 bits per heavy atom. The average molecular weight is 440 g/mol. The third-order valence-electron chi connectivity index (χ3n) is 4.86. The molecule has 2 N–H and O–H groups in total. The molecule has 0 aliphatic carbocycles. The van der Waals surface area contributed by atoms with Gasteiger partial charge in [0, 0.05) is 17.8 Å². The van der Waals surface area contributed by atoms with Crippen molar-refractivity contribution in [3.8, 4) is 0 Å². The van der Waals surface area contributed by atoms with Gasteiger partial charge < -0.3 is 10.6 Å². The third-order valence-corrected chi connectivity index (χ3v) is 4.86. The van der Waals surface area contributed by atoms with Crippen LogP contribution in [0, 0.1) is 20.2 Å². The Hall–Kier alpha value is -4.08. The first-order valence-corrected chi connectivity index (χ1v) is 9.99. The fourth-order valence-corrected chi connectivity index (χ4v) is 3.19. The second-order valence-electron chi connectivity index (χ2n) is 6.95. The molecule has 0 heterocycles. The Morgan fingerprint density at radius 1 is 1.03 bits per heavy atom. The topological polar surface area (TPSA) is 144 Å². The zero-order valence-electron chi connectivity index (χ0n) is 17.8. The van der Waals surface area contributed by atoms with Crippen LogP contribution in [0.2, 0.25) is 0 Å². The lowest BCUT2D eigenvalue weighted by atomic mass is 10.0. The van der Waals surface area contributed by atoms with Crippen molar-refractivity contribution in [1.29, 1.82) is 0 Å². The molecule has 0 aliphatic heterocycles. The summed E-state index contributed by atoms with van der Waals surface area (Å²) in [5.41, 5.74) is 1.07. The van der Waals surface area contributed by atoms with Crippen LogP contribution in [0.3, 0.4) is 0 Å². The fourth-order valence-electron chi connectivity index (χ4n) is 3.19. The second-order valence-corrected chi connectivity index (χ2v) is 6.95. The number of amides is 2. The van der Waals surface area contributed by atoms with E-state index in [4.69, 9.17) is 0 Å². The van der Waals surface area contributed by atoms with Crippen molar-refractivity contribution in [1.82, 2.24) is 5.32 Å². The molecule has 168 valence electrons. The van der Waals surface area contributed by atoms with Gasteiger partial charge >= 0.3 is 0 Å². The van der Waals surface area contributed by atoms with Gasteiger partial charge in [0.15, 0.2) is 0 Å². The van der Waals surface area contributed by atoms with Gasteiger partial charge in [-0.2, -0.15) is 0 Å². The number of nitro groups is 2. The molecule has 0 aromatic heterocycles. The molecule has 0 saturated carbocycles. The van der Waals surface area contributed by atoms with Crippen molar-refractivity contribution in [3.05, 3.63) is 86.0 Å². The molecule has 2 amide bonds. The van der Waals surface area contributed by atoms with Crippen molar-refractivity contribution in [2.75, 3.05) is 5.32 Å². The zero-order valence-corrected chi connectivity index (χ0v) is 17.8. The van der Waals surface area contributed by atoms with E-state index in [9.17, 15) is 29.8 Å². The van der Waals surface area contributed by atoms with Crippen molar-refractivity contribution in [2.24, 2.45) is 0 Å². The summed E-state index contributed by atoms with van der Waals surface area (Å²) in [4.78, 5) is 46.2. The monoisotopic (exact) mass is 440 g/mol. The van der Waals surface area contributed by atoms with E-state index in [2.05, 4.69) is 17.2 Å². The minimum atomic E-state index is -1.03. The second kappa shape index (κ2) is 10.8. The first kappa shape index (κ1) is 24.2. The highest BCUT2D eigenvalue weighted by molar-refractivity contribution is 6.02. The SMILES string of the molecule is C=CCC(NC(=O)c1cc([N+](=O)[O-])cc([N+](=O)[O-])c1)C(=O)Nc1c(CC)cccc1CC. The molecule has 10 heteroatoms. The number of nitro benzene ring substituents is 2. The highest BCUT2D eigenvalue weighted by Gasteiger charge is 2.25. The number of carbonyl (C=O) groups is 2. The van der Waals surface area contributed by atoms with Crippen molar-refractivity contribution in [2.45, 2.75) is 39.2 Å². The molecule has 2 aromatic rings. The molecular weight excluding hydrogens is 416 g/mol. The summed E-state index contributed by atoms with van der Waals surface area (Å²) in [5.74, 6) is -1.34. The smallest absolute Gasteiger partial charge is 0.277 e. The molecule has 32 heavy (non-hydrogen) atoms. The summed E-state index contributed by atoms with van der Waals surface area (Å²) >= 11 is 0. The number of nitrogens with one attached hydrogen (secondary N) is 2. The van der Waals surface area contributed by atoms with E-state index in [1.165, 1.54) is 6.08 Å². The maximum absolute atomic E-state index is 13.0. The summed E-state index contributed by atoms with van der Waals surface area (Å²) in [6.45, 7) is 7.52. The first-order valence-electron chi connectivity index (χ1n) is 9.99. The predicted octanol–water partition coefficient (Wildman–Crippen LogP) is 3.94. The molecule has 0 fully saturated rings. The summed E-state index contributed by atoms with van der Waals surface area (Å²) in [7, 11) is 0. The maximum atomic E-state index is 13.0. The van der Waals surface area contributed by atoms with Crippen LogP contribution in [0.1, 0.15) is 41.8 Å². The minimum Gasteiger partial charge on any atom is -0.340 e. The summed E-state index contributed by atoms with van der Waals surface area (Å²) in [5, 5.41) is 27.5. The summed E-state index contributed by atoms with van der Waals surface area (Å²) in [6, 6.07) is 7.29. The van der Waals surface area contributed by atoms with Crippen LogP contribution in [0.25, 0.3) is 0 Å². The van der Waals surface area contributed by atoms with Crippen LogP contribution in [-0.2, 0) is 17.6 Å². The molecule has 2 aromatic carbocycles. The number of para-hydroxylation sites is 1. The number of aryl methyl sites for hydroxylation is 2. The van der Waals surface area contributed by atoms with E-state index < -0.39 is 39.1 Å². The molecule has 2 rings (SSSR count). The van der Waals surface area contributed by atoms with Gasteiger partial charge in [-0.25, -0.2) is 0 Å². The Bertz CT molecular complexity index is 1010. The quantitative estimate of drug-likeness (QED) is 0.325. The Labute approximate surface area is 184 Å². The summed E-state index contributed by atoms with van der Waals surface area (Å²) in [6.07, 6.45) is 2.93. The Morgan fingerprint density at radius 3 is 2.00 bits per heavy atom. The molecule has 0 radical (unpaired) electrons. The highest BCUT2D eigenvalue weighted by Crippen LogP contribution is 2.24. The fraction of sp³-hybridized carbons (Fsp3) is 0.273. The van der Waals surface area contributed by atoms with E-state index in [-0.39, 0.29) is 12.0 Å². The lowest BCUT2D eigenvalue weighted by Crippen LogP contribution is -2.43. The van der Waals surface area contributed by atoms with Gasteiger partial charge in [-0.15, -0.1) is 6.58 Å². The lowest BCUT2D eigenvalue weighted by molar-refractivity contribution is -0.394. The van der Waals surface area contributed by atoms with Gasteiger partial charge in [0.1, 0.15) is 6.04 Å². The highest BCUT2D eigenvalue weighted by atomic mass is 16.6. The van der Waals surface area contributed by atoms with Gasteiger partial charge in [-0.3, -0.25) is 29.8 Å². The third kappa shape index (κ3) is 5.75. The zero-order chi connectivity index (χ0) is 23.8. The van der Waals surface area contributed by atoms with E-state index in [1.807, 2.05) is 32.0 Å².